The number of allylic oxidation sites excluding steroid dienone is 8. The molecule has 2 atom stereocenters. The predicted molar refractivity (Wildman–Crippen MR) is 317 cm³/mol. The number of phosphoric acid groups is 1. The lowest BCUT2D eigenvalue weighted by Crippen LogP contribution is -2.29. The van der Waals surface area contributed by atoms with Crippen LogP contribution in [0.5, 0.6) is 0 Å². The molecule has 0 aliphatic rings. The lowest BCUT2D eigenvalue weighted by atomic mass is 10.0. The van der Waals surface area contributed by atoms with Crippen LogP contribution in [0.1, 0.15) is 316 Å². The van der Waals surface area contributed by atoms with Gasteiger partial charge >= 0.3 is 19.8 Å². The summed E-state index contributed by atoms with van der Waals surface area (Å²) in [7, 11) is -4.39. The number of carbonyl (C=O) groups excluding carboxylic acids is 2. The highest BCUT2D eigenvalue weighted by Crippen LogP contribution is 2.43. The summed E-state index contributed by atoms with van der Waals surface area (Å²) in [6, 6.07) is 0. The fraction of sp³-hybridized carbons (Fsp3) is 0.844. The van der Waals surface area contributed by atoms with Crippen LogP contribution in [0.2, 0.25) is 0 Å². The van der Waals surface area contributed by atoms with E-state index in [1.165, 1.54) is 199 Å². The first kappa shape index (κ1) is 72.0. The standard InChI is InChI=1S/C64H120NO8P/c1-3-5-7-9-11-13-15-17-19-21-23-24-25-26-27-28-29-30-31-32-33-34-35-36-37-39-40-42-44-46-48-50-52-54-56-63(66)70-60-62(61-72-74(68,69)71-59-58-65)73-64(67)57-55-53-51-49-47-45-43-41-38-22-20-18-16-14-12-10-8-6-4-2/h6,8,12,14,18,20,38,41,62H,3-5,7,9-11,13,15-17,19,21-37,39-40,42-61,65H2,1-2H3,(H,68,69)/b8-6-,14-12-,20-18-,41-38-. The van der Waals surface area contributed by atoms with E-state index in [-0.39, 0.29) is 38.6 Å². The lowest BCUT2D eigenvalue weighted by molar-refractivity contribution is -0.161. The molecule has 0 rings (SSSR count). The van der Waals surface area contributed by atoms with Gasteiger partial charge in [-0.15, -0.1) is 0 Å². The number of esters is 2. The molecule has 0 saturated heterocycles. The number of nitrogens with two attached hydrogens (primary N) is 1. The molecule has 0 spiro atoms. The Morgan fingerprint density at radius 2 is 0.743 bits per heavy atom. The molecule has 0 aliphatic heterocycles. The number of rotatable bonds is 60. The maximum absolute atomic E-state index is 12.7. The Balaban J connectivity index is 3.82. The van der Waals surface area contributed by atoms with Crippen molar-refractivity contribution in [2.45, 2.75) is 322 Å². The average molecular weight is 1060 g/mol. The molecule has 10 heteroatoms. The van der Waals surface area contributed by atoms with E-state index in [2.05, 4.69) is 62.5 Å². The molecular weight excluding hydrogens is 942 g/mol. The molecule has 0 fully saturated rings. The molecule has 3 N–H and O–H groups in total. The summed E-state index contributed by atoms with van der Waals surface area (Å²) in [5.74, 6) is -0.832. The summed E-state index contributed by atoms with van der Waals surface area (Å²) in [5, 5.41) is 0. The molecule has 0 aliphatic carbocycles. The third-order valence-corrected chi connectivity index (χ3v) is 15.0. The quantitative estimate of drug-likeness (QED) is 0.0264. The van der Waals surface area contributed by atoms with Gasteiger partial charge in [-0.25, -0.2) is 4.57 Å². The number of carbonyl (C=O) groups is 2. The fourth-order valence-electron chi connectivity index (χ4n) is 9.34. The Morgan fingerprint density at radius 3 is 1.11 bits per heavy atom. The number of phosphoric ester groups is 1. The summed E-state index contributed by atoms with van der Waals surface area (Å²) >= 11 is 0. The van der Waals surface area contributed by atoms with Crippen LogP contribution in [-0.4, -0.2) is 49.3 Å². The van der Waals surface area contributed by atoms with E-state index in [0.717, 1.165) is 83.5 Å². The number of unbranched alkanes of at least 4 members (excludes halogenated alkanes) is 39. The van der Waals surface area contributed by atoms with Crippen molar-refractivity contribution in [1.82, 2.24) is 0 Å². The van der Waals surface area contributed by atoms with Gasteiger partial charge < -0.3 is 20.1 Å². The smallest absolute Gasteiger partial charge is 0.462 e. The normalized spacial score (nSPS) is 13.3. The molecule has 0 bridgehead atoms. The van der Waals surface area contributed by atoms with Crippen molar-refractivity contribution in [3.05, 3.63) is 48.6 Å². The maximum atomic E-state index is 12.7. The number of ether oxygens (including phenoxy) is 2. The first-order chi connectivity index (χ1) is 36.3. The highest BCUT2D eigenvalue weighted by molar-refractivity contribution is 7.47. The van der Waals surface area contributed by atoms with Crippen LogP contribution < -0.4 is 5.73 Å². The summed E-state index contributed by atoms with van der Waals surface area (Å²) < 4.78 is 33.0. The van der Waals surface area contributed by atoms with Gasteiger partial charge in [0.15, 0.2) is 6.10 Å². The molecule has 0 radical (unpaired) electrons. The molecule has 0 aromatic heterocycles. The summed E-state index contributed by atoms with van der Waals surface area (Å²) in [4.78, 5) is 35.2. The van der Waals surface area contributed by atoms with E-state index < -0.39 is 26.5 Å². The van der Waals surface area contributed by atoms with Crippen LogP contribution in [0.4, 0.5) is 0 Å². The van der Waals surface area contributed by atoms with Crippen molar-refractivity contribution in [3.8, 4) is 0 Å². The molecule has 0 heterocycles. The summed E-state index contributed by atoms with van der Waals surface area (Å²) in [6.45, 7) is 3.66. The van der Waals surface area contributed by atoms with E-state index in [9.17, 15) is 19.0 Å². The maximum Gasteiger partial charge on any atom is 0.472 e. The molecule has 9 nitrogen and oxygen atoms in total. The van der Waals surface area contributed by atoms with Gasteiger partial charge in [-0.3, -0.25) is 18.6 Å². The van der Waals surface area contributed by atoms with E-state index in [0.29, 0.717) is 6.42 Å². The molecule has 434 valence electrons. The highest BCUT2D eigenvalue weighted by Gasteiger charge is 2.26. The zero-order valence-electron chi connectivity index (χ0n) is 48.6. The highest BCUT2D eigenvalue weighted by atomic mass is 31.2. The second kappa shape index (κ2) is 60.2. The Bertz CT molecular complexity index is 1350. The second-order valence-electron chi connectivity index (χ2n) is 21.3. The molecule has 2 unspecified atom stereocenters. The topological polar surface area (TPSA) is 134 Å². The van der Waals surface area contributed by atoms with Gasteiger partial charge in [0.1, 0.15) is 6.61 Å². The first-order valence-electron chi connectivity index (χ1n) is 31.6. The molecule has 0 aromatic carbocycles. The van der Waals surface area contributed by atoms with Gasteiger partial charge in [0.05, 0.1) is 13.2 Å². The van der Waals surface area contributed by atoms with Crippen LogP contribution in [0.15, 0.2) is 48.6 Å². The van der Waals surface area contributed by atoms with Crippen LogP contribution in [0.25, 0.3) is 0 Å². The van der Waals surface area contributed by atoms with Crippen LogP contribution in [0.3, 0.4) is 0 Å². The minimum atomic E-state index is -4.39. The molecular formula is C64H120NO8P. The number of hydrogen-bond acceptors (Lipinski definition) is 8. The van der Waals surface area contributed by atoms with Gasteiger partial charge in [0.25, 0.3) is 0 Å². The zero-order valence-corrected chi connectivity index (χ0v) is 49.5. The largest absolute Gasteiger partial charge is 0.472 e. The van der Waals surface area contributed by atoms with Gasteiger partial charge in [0.2, 0.25) is 0 Å². The molecule has 0 amide bonds. The zero-order chi connectivity index (χ0) is 53.8. The number of hydrogen-bond donors (Lipinski definition) is 2. The van der Waals surface area contributed by atoms with E-state index in [1.54, 1.807) is 0 Å². The monoisotopic (exact) mass is 1060 g/mol. The van der Waals surface area contributed by atoms with Crippen molar-refractivity contribution in [2.75, 3.05) is 26.4 Å². The van der Waals surface area contributed by atoms with Crippen LogP contribution >= 0.6 is 7.82 Å². The Morgan fingerprint density at radius 1 is 0.419 bits per heavy atom. The molecule has 0 aromatic rings. The van der Waals surface area contributed by atoms with Gasteiger partial charge in [-0.05, 0) is 51.4 Å². The molecule has 74 heavy (non-hydrogen) atoms. The van der Waals surface area contributed by atoms with Crippen LogP contribution in [-0.2, 0) is 32.7 Å². The predicted octanol–water partition coefficient (Wildman–Crippen LogP) is 20.1. The second-order valence-corrected chi connectivity index (χ2v) is 22.7. The minimum Gasteiger partial charge on any atom is -0.462 e. The van der Waals surface area contributed by atoms with Gasteiger partial charge in [-0.2, -0.15) is 0 Å². The Kier molecular flexibility index (Phi) is 58.6. The third-order valence-electron chi connectivity index (χ3n) is 14.0. The SMILES string of the molecule is CC/C=C\C/C=C\C/C=C\C/C=C\CCCCCCCCC(=O)OC(COC(=O)CCCCCCCCCCCCCCCCCCCCCCCCCCCCCCCCCCCC)COP(=O)(O)OCCN. The van der Waals surface area contributed by atoms with Gasteiger partial charge in [-0.1, -0.05) is 300 Å². The lowest BCUT2D eigenvalue weighted by Gasteiger charge is -2.19. The summed E-state index contributed by atoms with van der Waals surface area (Å²) in [6.07, 6.45) is 74.9. The third kappa shape index (κ3) is 59.2. The molecule has 0 saturated carbocycles. The Labute approximate surface area is 457 Å². The average Bonchev–Trinajstić information content (AvgIpc) is 3.39. The van der Waals surface area contributed by atoms with Gasteiger partial charge in [0, 0.05) is 19.4 Å². The fourth-order valence-corrected chi connectivity index (χ4v) is 10.1. The van der Waals surface area contributed by atoms with Crippen molar-refractivity contribution in [2.24, 2.45) is 5.73 Å². The van der Waals surface area contributed by atoms with E-state index in [4.69, 9.17) is 24.3 Å². The Hall–Kier alpha value is -2.03. The summed E-state index contributed by atoms with van der Waals surface area (Å²) in [5.41, 5.74) is 5.38. The first-order valence-corrected chi connectivity index (χ1v) is 33.1. The van der Waals surface area contributed by atoms with Crippen molar-refractivity contribution in [1.29, 1.82) is 0 Å². The van der Waals surface area contributed by atoms with E-state index in [1.807, 2.05) is 0 Å². The minimum absolute atomic E-state index is 0.0506. The van der Waals surface area contributed by atoms with Crippen molar-refractivity contribution >= 4 is 19.8 Å². The van der Waals surface area contributed by atoms with Crippen molar-refractivity contribution < 1.29 is 37.6 Å². The van der Waals surface area contributed by atoms with Crippen LogP contribution in [0, 0.1) is 0 Å². The van der Waals surface area contributed by atoms with E-state index >= 15 is 0 Å². The van der Waals surface area contributed by atoms with Crippen molar-refractivity contribution in [3.63, 3.8) is 0 Å².